The van der Waals surface area contributed by atoms with E-state index in [1.807, 2.05) is 6.07 Å². The molecule has 0 radical (unpaired) electrons. The Bertz CT molecular complexity index is 1500. The monoisotopic (exact) mass is 494 g/mol. The lowest BCUT2D eigenvalue weighted by atomic mass is 9.97. The summed E-state index contributed by atoms with van der Waals surface area (Å²) in [4.78, 5) is 39.8. The average Bonchev–Trinajstić information content (AvgIpc) is 3.39. The Morgan fingerprint density at radius 1 is 1.24 bits per heavy atom. The van der Waals surface area contributed by atoms with Gasteiger partial charge in [-0.1, -0.05) is 0 Å². The van der Waals surface area contributed by atoms with Crippen molar-refractivity contribution in [3.8, 4) is 11.8 Å². The zero-order valence-electron chi connectivity index (χ0n) is 18.2. The van der Waals surface area contributed by atoms with Crippen molar-refractivity contribution in [2.75, 3.05) is 0 Å². The SMILES string of the molecule is Cc1nc(COc2ccc(F)cc2)sc1C(=O)C(C#N)c1nc2sc3c(c2c(=O)[nH]1)CCCC3. The van der Waals surface area contributed by atoms with Gasteiger partial charge in [0.05, 0.1) is 22.0 Å². The van der Waals surface area contributed by atoms with Crippen molar-refractivity contribution in [3.63, 3.8) is 0 Å². The van der Waals surface area contributed by atoms with Crippen molar-refractivity contribution in [1.29, 1.82) is 5.26 Å². The molecule has 0 fully saturated rings. The highest BCUT2D eigenvalue weighted by Gasteiger charge is 2.30. The molecule has 1 unspecified atom stereocenters. The molecule has 172 valence electrons. The molecule has 3 aromatic heterocycles. The zero-order chi connectivity index (χ0) is 23.8. The van der Waals surface area contributed by atoms with Gasteiger partial charge in [0.1, 0.15) is 33.8 Å². The second-order valence-electron chi connectivity index (χ2n) is 8.03. The summed E-state index contributed by atoms with van der Waals surface area (Å²) in [6.45, 7) is 1.79. The van der Waals surface area contributed by atoms with Crippen LogP contribution in [-0.4, -0.2) is 20.7 Å². The maximum atomic E-state index is 13.3. The Morgan fingerprint density at radius 2 is 2.00 bits per heavy atom. The van der Waals surface area contributed by atoms with E-state index in [2.05, 4.69) is 15.0 Å². The number of hydrogen-bond donors (Lipinski definition) is 1. The number of nitriles is 1. The number of ether oxygens (including phenoxy) is 1. The number of carbonyl (C=O) groups excluding carboxylic acids is 1. The largest absolute Gasteiger partial charge is 0.486 e. The number of aryl methyl sites for hydroxylation is 3. The molecule has 1 N–H and O–H groups in total. The third-order valence-corrected chi connectivity index (χ3v) is 8.08. The first-order chi connectivity index (χ1) is 16.4. The molecule has 0 saturated heterocycles. The van der Waals surface area contributed by atoms with Gasteiger partial charge < -0.3 is 9.72 Å². The Balaban J connectivity index is 1.41. The molecule has 1 aromatic carbocycles. The van der Waals surface area contributed by atoms with Crippen molar-refractivity contribution in [1.82, 2.24) is 15.0 Å². The Morgan fingerprint density at radius 3 is 2.76 bits per heavy atom. The number of carbonyl (C=O) groups is 1. The van der Waals surface area contributed by atoms with Crippen LogP contribution in [0.15, 0.2) is 29.1 Å². The number of Topliss-reactive ketones (excluding diaryl/α,β-unsaturated/α-hetero) is 1. The average molecular weight is 495 g/mol. The van der Waals surface area contributed by atoms with Crippen LogP contribution in [0.2, 0.25) is 0 Å². The van der Waals surface area contributed by atoms with Gasteiger partial charge in [-0.05, 0) is 62.4 Å². The van der Waals surface area contributed by atoms with Gasteiger partial charge in [0.15, 0.2) is 11.7 Å². The van der Waals surface area contributed by atoms with E-state index in [9.17, 15) is 19.2 Å². The van der Waals surface area contributed by atoms with E-state index in [0.29, 0.717) is 31.5 Å². The number of thiazole rings is 1. The van der Waals surface area contributed by atoms with Gasteiger partial charge >= 0.3 is 0 Å². The minimum Gasteiger partial charge on any atom is -0.486 e. The molecule has 3 heterocycles. The van der Waals surface area contributed by atoms with Crippen molar-refractivity contribution in [2.24, 2.45) is 0 Å². The number of thiophene rings is 1. The van der Waals surface area contributed by atoms with Crippen LogP contribution in [0, 0.1) is 24.1 Å². The molecule has 0 bridgehead atoms. The fourth-order valence-electron chi connectivity index (χ4n) is 4.11. The maximum absolute atomic E-state index is 13.3. The topological polar surface area (TPSA) is 109 Å². The summed E-state index contributed by atoms with van der Waals surface area (Å²) in [6.07, 6.45) is 3.90. The van der Waals surface area contributed by atoms with Gasteiger partial charge in [0, 0.05) is 4.88 Å². The number of ketones is 1. The maximum Gasteiger partial charge on any atom is 0.259 e. The molecule has 0 saturated carbocycles. The standard InChI is InChI=1S/C24H19FN4O3S2/c1-12-21(34-18(27-12)11-32-14-8-6-13(25)7-9-14)20(30)16(10-26)22-28-23(31)19-15-4-2-3-5-17(15)33-24(19)29-22/h6-9,16H,2-5,11H2,1H3,(H,28,29,31). The number of hydrogen-bond acceptors (Lipinski definition) is 8. The summed E-state index contributed by atoms with van der Waals surface area (Å²) in [6, 6.07) is 7.61. The predicted octanol–water partition coefficient (Wildman–Crippen LogP) is 4.84. The molecular formula is C24H19FN4O3S2. The summed E-state index contributed by atoms with van der Waals surface area (Å²) >= 11 is 2.60. The summed E-state index contributed by atoms with van der Waals surface area (Å²) in [5, 5.41) is 10.9. The van der Waals surface area contributed by atoms with Crippen LogP contribution in [-0.2, 0) is 19.4 Å². The number of rotatable bonds is 6. The normalized spacial score (nSPS) is 13.9. The first-order valence-corrected chi connectivity index (χ1v) is 12.4. The number of fused-ring (bicyclic) bond motifs is 3. The highest BCUT2D eigenvalue weighted by Crippen LogP contribution is 2.34. The van der Waals surface area contributed by atoms with Crippen LogP contribution in [0.3, 0.4) is 0 Å². The fraction of sp³-hybridized carbons (Fsp3) is 0.292. The molecule has 1 aliphatic rings. The van der Waals surface area contributed by atoms with Crippen LogP contribution in [0.4, 0.5) is 4.39 Å². The molecule has 0 aliphatic heterocycles. The summed E-state index contributed by atoms with van der Waals surface area (Å²) in [5.74, 6) is -1.54. The van der Waals surface area contributed by atoms with Crippen LogP contribution in [0.25, 0.3) is 10.2 Å². The van der Waals surface area contributed by atoms with Crippen molar-refractivity contribution in [3.05, 3.63) is 72.3 Å². The summed E-state index contributed by atoms with van der Waals surface area (Å²) < 4.78 is 18.7. The molecule has 10 heteroatoms. The smallest absolute Gasteiger partial charge is 0.259 e. The lowest BCUT2D eigenvalue weighted by Gasteiger charge is -2.10. The first kappa shape index (κ1) is 22.4. The molecule has 5 rings (SSSR count). The van der Waals surface area contributed by atoms with Crippen molar-refractivity contribution in [2.45, 2.75) is 45.1 Å². The van der Waals surface area contributed by atoms with Gasteiger partial charge in [-0.15, -0.1) is 22.7 Å². The lowest BCUT2D eigenvalue weighted by Crippen LogP contribution is -2.19. The van der Waals surface area contributed by atoms with E-state index >= 15 is 0 Å². The van der Waals surface area contributed by atoms with Crippen LogP contribution >= 0.6 is 22.7 Å². The van der Waals surface area contributed by atoms with E-state index in [1.165, 1.54) is 40.5 Å². The Labute approximate surface area is 201 Å². The molecule has 0 spiro atoms. The van der Waals surface area contributed by atoms with Crippen molar-refractivity contribution < 1.29 is 13.9 Å². The van der Waals surface area contributed by atoms with E-state index in [0.717, 1.165) is 42.6 Å². The second-order valence-corrected chi connectivity index (χ2v) is 10.2. The Hall–Kier alpha value is -3.42. The minimum atomic E-state index is -1.25. The minimum absolute atomic E-state index is 0.0560. The quantitative estimate of drug-likeness (QED) is 0.384. The third-order valence-electron chi connectivity index (χ3n) is 5.75. The summed E-state index contributed by atoms with van der Waals surface area (Å²) in [7, 11) is 0. The zero-order valence-corrected chi connectivity index (χ0v) is 19.8. The van der Waals surface area contributed by atoms with Gasteiger partial charge in [-0.2, -0.15) is 5.26 Å². The second kappa shape index (κ2) is 9.08. The van der Waals surface area contributed by atoms with Gasteiger partial charge in [0.2, 0.25) is 0 Å². The number of nitrogens with zero attached hydrogens (tertiary/aromatic N) is 3. The molecule has 1 aliphatic carbocycles. The van der Waals surface area contributed by atoms with Gasteiger partial charge in [-0.3, -0.25) is 9.59 Å². The predicted molar refractivity (Wildman–Crippen MR) is 127 cm³/mol. The van der Waals surface area contributed by atoms with Gasteiger partial charge in [0.25, 0.3) is 5.56 Å². The Kier molecular flexibility index (Phi) is 5.98. The molecule has 7 nitrogen and oxygen atoms in total. The van der Waals surface area contributed by atoms with Crippen molar-refractivity contribution >= 4 is 38.7 Å². The van der Waals surface area contributed by atoms with E-state index in [1.54, 1.807) is 6.92 Å². The number of halogens is 1. The lowest BCUT2D eigenvalue weighted by molar-refractivity contribution is 0.0979. The highest BCUT2D eigenvalue weighted by molar-refractivity contribution is 7.18. The molecule has 4 aromatic rings. The molecule has 0 amide bonds. The fourth-order valence-corrected chi connectivity index (χ4v) is 6.33. The molecule has 1 atom stereocenters. The number of benzene rings is 1. The number of nitrogens with one attached hydrogen (secondary N) is 1. The molecule has 34 heavy (non-hydrogen) atoms. The van der Waals surface area contributed by atoms with Gasteiger partial charge in [-0.25, -0.2) is 14.4 Å². The van der Waals surface area contributed by atoms with E-state index < -0.39 is 11.7 Å². The van der Waals surface area contributed by atoms with Crippen LogP contribution < -0.4 is 10.3 Å². The van der Waals surface area contributed by atoms with Crippen LogP contribution in [0.5, 0.6) is 5.75 Å². The summed E-state index contributed by atoms with van der Waals surface area (Å²) in [5.41, 5.74) is 1.22. The number of aromatic amines is 1. The van der Waals surface area contributed by atoms with E-state index in [4.69, 9.17) is 4.74 Å². The van der Waals surface area contributed by atoms with E-state index in [-0.39, 0.29) is 23.8 Å². The number of H-pyrrole nitrogens is 1. The third kappa shape index (κ3) is 4.13. The highest BCUT2D eigenvalue weighted by atomic mass is 32.1. The number of aromatic nitrogens is 3. The first-order valence-electron chi connectivity index (χ1n) is 10.8. The van der Waals surface area contributed by atoms with Crippen LogP contribution in [0.1, 0.15) is 55.4 Å². The molecular weight excluding hydrogens is 475 g/mol.